The van der Waals surface area contributed by atoms with Crippen LogP contribution in [-0.4, -0.2) is 25.2 Å². The SMILES string of the molecule is CCOC(=O)/C=C/C(=O)OCC1CC=CCC1. The predicted octanol–water partition coefficient (Wildman–Crippen LogP) is 2.01. The quantitative estimate of drug-likeness (QED) is 0.417. The van der Waals surface area contributed by atoms with Gasteiger partial charge in [0.15, 0.2) is 0 Å². The Hall–Kier alpha value is -1.58. The third kappa shape index (κ3) is 5.90. The normalized spacial score (nSPS) is 19.2. The van der Waals surface area contributed by atoms with Crippen molar-refractivity contribution in [2.75, 3.05) is 13.2 Å². The molecular weight excluding hydrogens is 220 g/mol. The van der Waals surface area contributed by atoms with E-state index in [0.29, 0.717) is 19.1 Å². The van der Waals surface area contributed by atoms with Gasteiger partial charge in [0.1, 0.15) is 0 Å². The molecule has 0 N–H and O–H groups in total. The van der Waals surface area contributed by atoms with E-state index >= 15 is 0 Å². The van der Waals surface area contributed by atoms with E-state index in [4.69, 9.17) is 4.74 Å². The van der Waals surface area contributed by atoms with E-state index < -0.39 is 11.9 Å². The topological polar surface area (TPSA) is 52.6 Å². The van der Waals surface area contributed by atoms with Gasteiger partial charge in [0.05, 0.1) is 13.2 Å². The molecule has 1 aliphatic carbocycles. The van der Waals surface area contributed by atoms with Crippen LogP contribution >= 0.6 is 0 Å². The predicted molar refractivity (Wildman–Crippen MR) is 63.2 cm³/mol. The molecule has 1 aliphatic rings. The van der Waals surface area contributed by atoms with Gasteiger partial charge in [0.2, 0.25) is 0 Å². The lowest BCUT2D eigenvalue weighted by molar-refractivity contribution is -0.141. The fourth-order valence-corrected chi connectivity index (χ4v) is 1.58. The van der Waals surface area contributed by atoms with Crippen LogP contribution in [0.25, 0.3) is 0 Å². The van der Waals surface area contributed by atoms with Gasteiger partial charge in [0.25, 0.3) is 0 Å². The van der Waals surface area contributed by atoms with Crippen molar-refractivity contribution in [1.82, 2.24) is 0 Å². The Labute approximate surface area is 101 Å². The second-order valence-corrected chi connectivity index (χ2v) is 3.87. The zero-order valence-electron chi connectivity index (χ0n) is 10.1. The number of hydrogen-bond donors (Lipinski definition) is 0. The molecule has 0 saturated heterocycles. The first-order valence-corrected chi connectivity index (χ1v) is 5.89. The van der Waals surface area contributed by atoms with Crippen molar-refractivity contribution in [3.8, 4) is 0 Å². The van der Waals surface area contributed by atoms with E-state index in [1.54, 1.807) is 6.92 Å². The first kappa shape index (κ1) is 13.5. The highest BCUT2D eigenvalue weighted by Gasteiger charge is 2.11. The molecule has 4 nitrogen and oxygen atoms in total. The lowest BCUT2D eigenvalue weighted by Gasteiger charge is -2.16. The van der Waals surface area contributed by atoms with E-state index in [1.165, 1.54) is 0 Å². The summed E-state index contributed by atoms with van der Waals surface area (Å²) >= 11 is 0. The van der Waals surface area contributed by atoms with Gasteiger partial charge >= 0.3 is 11.9 Å². The van der Waals surface area contributed by atoms with Crippen molar-refractivity contribution in [1.29, 1.82) is 0 Å². The minimum Gasteiger partial charge on any atom is -0.463 e. The Bertz CT molecular complexity index is 317. The van der Waals surface area contributed by atoms with E-state index in [9.17, 15) is 9.59 Å². The highest BCUT2D eigenvalue weighted by Crippen LogP contribution is 2.18. The molecule has 4 heteroatoms. The van der Waals surface area contributed by atoms with Crippen molar-refractivity contribution >= 4 is 11.9 Å². The monoisotopic (exact) mass is 238 g/mol. The fourth-order valence-electron chi connectivity index (χ4n) is 1.58. The second-order valence-electron chi connectivity index (χ2n) is 3.87. The standard InChI is InChI=1S/C13H18O4/c1-2-16-12(14)8-9-13(15)17-10-11-6-4-3-5-7-11/h3-4,8-9,11H,2,5-7,10H2,1H3/b9-8+. The maximum atomic E-state index is 11.3. The Morgan fingerprint density at radius 1 is 1.24 bits per heavy atom. The van der Waals surface area contributed by atoms with Crippen LogP contribution in [0.2, 0.25) is 0 Å². The van der Waals surface area contributed by atoms with E-state index in [1.807, 2.05) is 0 Å². The number of rotatable bonds is 5. The third-order valence-corrected chi connectivity index (χ3v) is 2.48. The number of esters is 2. The van der Waals surface area contributed by atoms with Crippen LogP contribution in [0, 0.1) is 5.92 Å². The average Bonchev–Trinajstić information content (AvgIpc) is 2.35. The van der Waals surface area contributed by atoms with Crippen molar-refractivity contribution in [3.63, 3.8) is 0 Å². The largest absolute Gasteiger partial charge is 0.463 e. The van der Waals surface area contributed by atoms with Crippen molar-refractivity contribution in [3.05, 3.63) is 24.3 Å². The summed E-state index contributed by atoms with van der Waals surface area (Å²) in [6.45, 7) is 2.42. The molecule has 1 unspecified atom stereocenters. The maximum Gasteiger partial charge on any atom is 0.331 e. The molecule has 0 radical (unpaired) electrons. The molecule has 0 aromatic carbocycles. The molecule has 1 rings (SSSR count). The Balaban J connectivity index is 2.20. The average molecular weight is 238 g/mol. The number of carbonyl (C=O) groups is 2. The van der Waals surface area contributed by atoms with E-state index in [2.05, 4.69) is 16.9 Å². The molecule has 0 aliphatic heterocycles. The van der Waals surface area contributed by atoms with Crippen molar-refractivity contribution in [2.45, 2.75) is 26.2 Å². The molecule has 0 heterocycles. The Morgan fingerprint density at radius 3 is 2.53 bits per heavy atom. The fraction of sp³-hybridized carbons (Fsp3) is 0.538. The van der Waals surface area contributed by atoms with Gasteiger partial charge in [-0.15, -0.1) is 0 Å². The number of ether oxygens (including phenoxy) is 2. The van der Waals surface area contributed by atoms with Crippen LogP contribution in [0.4, 0.5) is 0 Å². The number of allylic oxidation sites excluding steroid dienone is 2. The van der Waals surface area contributed by atoms with E-state index in [0.717, 1.165) is 31.4 Å². The molecule has 0 saturated carbocycles. The first-order chi connectivity index (χ1) is 8.22. The van der Waals surface area contributed by atoms with Crippen LogP contribution in [-0.2, 0) is 19.1 Å². The first-order valence-electron chi connectivity index (χ1n) is 5.89. The highest BCUT2D eigenvalue weighted by atomic mass is 16.5. The lowest BCUT2D eigenvalue weighted by atomic mass is 9.95. The zero-order valence-corrected chi connectivity index (χ0v) is 10.1. The number of carbonyl (C=O) groups excluding carboxylic acids is 2. The molecule has 0 aromatic heterocycles. The summed E-state index contributed by atoms with van der Waals surface area (Å²) in [5.74, 6) is -0.613. The van der Waals surface area contributed by atoms with Crippen LogP contribution in [0.1, 0.15) is 26.2 Å². The Morgan fingerprint density at radius 2 is 1.94 bits per heavy atom. The van der Waals surface area contributed by atoms with Gasteiger partial charge in [-0.2, -0.15) is 0 Å². The number of hydrogen-bond acceptors (Lipinski definition) is 4. The summed E-state index contributed by atoms with van der Waals surface area (Å²) in [6, 6.07) is 0. The van der Waals surface area contributed by atoms with Gasteiger partial charge in [-0.3, -0.25) is 0 Å². The second kappa shape index (κ2) is 7.65. The van der Waals surface area contributed by atoms with Crippen LogP contribution in [0.15, 0.2) is 24.3 Å². The summed E-state index contributed by atoms with van der Waals surface area (Å²) in [4.78, 5) is 22.2. The molecule has 17 heavy (non-hydrogen) atoms. The summed E-state index contributed by atoms with van der Waals surface area (Å²) in [5.41, 5.74) is 0. The third-order valence-electron chi connectivity index (χ3n) is 2.48. The minimum atomic E-state index is -0.523. The van der Waals surface area contributed by atoms with Crippen molar-refractivity contribution < 1.29 is 19.1 Å². The van der Waals surface area contributed by atoms with Crippen LogP contribution in [0.3, 0.4) is 0 Å². The van der Waals surface area contributed by atoms with Gasteiger partial charge in [-0.25, -0.2) is 9.59 Å². The molecule has 0 amide bonds. The van der Waals surface area contributed by atoms with Crippen LogP contribution in [0.5, 0.6) is 0 Å². The summed E-state index contributed by atoms with van der Waals surface area (Å²) in [6.07, 6.45) is 9.49. The molecule has 94 valence electrons. The van der Waals surface area contributed by atoms with Gasteiger partial charge in [0, 0.05) is 12.2 Å². The van der Waals surface area contributed by atoms with E-state index in [-0.39, 0.29) is 0 Å². The molecular formula is C13H18O4. The Kier molecular flexibility index (Phi) is 6.07. The summed E-state index contributed by atoms with van der Waals surface area (Å²) in [7, 11) is 0. The molecule has 1 atom stereocenters. The van der Waals surface area contributed by atoms with Crippen LogP contribution < -0.4 is 0 Å². The minimum absolute atomic E-state index is 0.298. The van der Waals surface area contributed by atoms with Gasteiger partial charge in [-0.1, -0.05) is 12.2 Å². The van der Waals surface area contributed by atoms with Gasteiger partial charge in [-0.05, 0) is 32.1 Å². The van der Waals surface area contributed by atoms with Gasteiger partial charge < -0.3 is 9.47 Å². The molecule has 0 aromatic rings. The smallest absolute Gasteiger partial charge is 0.331 e. The maximum absolute atomic E-state index is 11.3. The summed E-state index contributed by atoms with van der Waals surface area (Å²) in [5, 5.41) is 0. The summed E-state index contributed by atoms with van der Waals surface area (Å²) < 4.78 is 9.69. The molecule has 0 bridgehead atoms. The zero-order chi connectivity index (χ0) is 12.5. The lowest BCUT2D eigenvalue weighted by Crippen LogP contribution is -2.14. The molecule has 0 spiro atoms. The van der Waals surface area contributed by atoms with Crippen molar-refractivity contribution in [2.24, 2.45) is 5.92 Å². The molecule has 0 fully saturated rings. The highest BCUT2D eigenvalue weighted by molar-refractivity contribution is 5.91.